The molecule has 2 N–H and O–H groups in total. The van der Waals surface area contributed by atoms with Crippen LogP contribution in [-0.4, -0.2) is 0 Å². The first-order valence-electron chi connectivity index (χ1n) is 5.86. The van der Waals surface area contributed by atoms with Crippen molar-refractivity contribution in [2.45, 2.75) is 24.1 Å². The van der Waals surface area contributed by atoms with Crippen LogP contribution in [0.15, 0.2) is 47.4 Å². The summed E-state index contributed by atoms with van der Waals surface area (Å²) < 4.78 is 13.1. The zero-order valence-electron chi connectivity index (χ0n) is 10.3. The van der Waals surface area contributed by atoms with Gasteiger partial charge in [0.2, 0.25) is 0 Å². The molecule has 0 atom stereocenters. The molecule has 0 unspecified atom stereocenters. The van der Waals surface area contributed by atoms with Crippen molar-refractivity contribution in [3.8, 4) is 0 Å². The molecule has 0 saturated carbocycles. The first kappa shape index (κ1) is 13.1. The van der Waals surface area contributed by atoms with Gasteiger partial charge >= 0.3 is 0 Å². The summed E-state index contributed by atoms with van der Waals surface area (Å²) in [6.45, 7) is 2.47. The third-order valence-corrected chi connectivity index (χ3v) is 4.09. The van der Waals surface area contributed by atoms with Crippen LogP contribution in [0, 0.1) is 12.7 Å². The van der Waals surface area contributed by atoms with Crippen molar-refractivity contribution in [3.63, 3.8) is 0 Å². The van der Waals surface area contributed by atoms with E-state index in [1.54, 1.807) is 11.8 Å². The lowest BCUT2D eigenvalue weighted by atomic mass is 10.1. The van der Waals surface area contributed by atoms with Crippen molar-refractivity contribution < 1.29 is 4.39 Å². The molecule has 0 radical (unpaired) electrons. The Kier molecular flexibility index (Phi) is 4.39. The molecule has 0 fully saturated rings. The molecular formula is C15H16FNS. The van der Waals surface area contributed by atoms with Gasteiger partial charge in [0.25, 0.3) is 0 Å². The van der Waals surface area contributed by atoms with Gasteiger partial charge in [-0.2, -0.15) is 0 Å². The van der Waals surface area contributed by atoms with E-state index in [-0.39, 0.29) is 5.82 Å². The number of hydrogen-bond donors (Lipinski definition) is 1. The summed E-state index contributed by atoms with van der Waals surface area (Å²) in [6.07, 6.45) is 0. The molecule has 18 heavy (non-hydrogen) atoms. The van der Waals surface area contributed by atoms with Crippen molar-refractivity contribution in [2.24, 2.45) is 5.73 Å². The monoisotopic (exact) mass is 261 g/mol. The van der Waals surface area contributed by atoms with Gasteiger partial charge in [-0.15, -0.1) is 11.8 Å². The third-order valence-electron chi connectivity index (χ3n) is 2.86. The Morgan fingerprint density at radius 2 is 1.89 bits per heavy atom. The van der Waals surface area contributed by atoms with Gasteiger partial charge in [-0.1, -0.05) is 24.3 Å². The van der Waals surface area contributed by atoms with E-state index in [1.807, 2.05) is 18.2 Å². The molecule has 0 spiro atoms. The molecule has 2 rings (SSSR count). The van der Waals surface area contributed by atoms with Gasteiger partial charge in [-0.25, -0.2) is 4.39 Å². The van der Waals surface area contributed by atoms with E-state index in [0.29, 0.717) is 6.54 Å². The van der Waals surface area contributed by atoms with E-state index >= 15 is 0 Å². The highest BCUT2D eigenvalue weighted by atomic mass is 32.2. The molecule has 0 aliphatic carbocycles. The van der Waals surface area contributed by atoms with Crippen LogP contribution in [0.25, 0.3) is 0 Å². The normalized spacial score (nSPS) is 10.6. The predicted molar refractivity (Wildman–Crippen MR) is 75.0 cm³/mol. The van der Waals surface area contributed by atoms with Gasteiger partial charge in [-0.3, -0.25) is 0 Å². The fraction of sp³-hybridized carbons (Fsp3) is 0.200. The molecule has 2 aromatic carbocycles. The fourth-order valence-corrected chi connectivity index (χ4v) is 2.86. The van der Waals surface area contributed by atoms with E-state index in [2.05, 4.69) is 19.1 Å². The standard InChI is InChI=1S/C15H16FNS/c1-11-4-2-3-5-15(11)18-10-12-6-7-14(16)8-13(12)9-17/h2-8H,9-10,17H2,1H3. The van der Waals surface area contributed by atoms with Crippen molar-refractivity contribution in [2.75, 3.05) is 0 Å². The SMILES string of the molecule is Cc1ccccc1SCc1ccc(F)cc1CN. The number of halogens is 1. The number of rotatable bonds is 4. The predicted octanol–water partition coefficient (Wildman–Crippen LogP) is 3.89. The summed E-state index contributed by atoms with van der Waals surface area (Å²) in [5, 5.41) is 0. The summed E-state index contributed by atoms with van der Waals surface area (Å²) in [5.74, 6) is 0.595. The van der Waals surface area contributed by atoms with Gasteiger partial charge in [0.1, 0.15) is 5.82 Å². The van der Waals surface area contributed by atoms with E-state index in [4.69, 9.17) is 5.73 Å². The van der Waals surface area contributed by atoms with E-state index in [9.17, 15) is 4.39 Å². The van der Waals surface area contributed by atoms with Crippen molar-refractivity contribution in [3.05, 3.63) is 65.0 Å². The topological polar surface area (TPSA) is 26.0 Å². The molecule has 1 nitrogen and oxygen atoms in total. The Bertz CT molecular complexity index is 540. The number of aryl methyl sites for hydroxylation is 1. The molecular weight excluding hydrogens is 245 g/mol. The van der Waals surface area contributed by atoms with Crippen molar-refractivity contribution >= 4 is 11.8 Å². The zero-order valence-corrected chi connectivity index (χ0v) is 11.1. The van der Waals surface area contributed by atoms with Crippen LogP contribution in [0.2, 0.25) is 0 Å². The highest BCUT2D eigenvalue weighted by Crippen LogP contribution is 2.27. The molecule has 2 aromatic rings. The van der Waals surface area contributed by atoms with Gasteiger partial charge < -0.3 is 5.73 Å². The number of nitrogens with two attached hydrogens (primary N) is 1. The molecule has 0 aromatic heterocycles. The van der Waals surface area contributed by atoms with Crippen molar-refractivity contribution in [1.29, 1.82) is 0 Å². The number of hydrogen-bond acceptors (Lipinski definition) is 2. The van der Waals surface area contributed by atoms with Gasteiger partial charge in [0.05, 0.1) is 0 Å². The lowest BCUT2D eigenvalue weighted by Gasteiger charge is -2.09. The van der Waals surface area contributed by atoms with Crippen LogP contribution in [0.4, 0.5) is 4.39 Å². The lowest BCUT2D eigenvalue weighted by Crippen LogP contribution is -2.01. The average molecular weight is 261 g/mol. The maximum absolute atomic E-state index is 13.1. The molecule has 0 saturated heterocycles. The van der Waals surface area contributed by atoms with Gasteiger partial charge in [0.15, 0.2) is 0 Å². The van der Waals surface area contributed by atoms with Crippen LogP contribution >= 0.6 is 11.8 Å². The Morgan fingerprint density at radius 1 is 1.11 bits per heavy atom. The summed E-state index contributed by atoms with van der Waals surface area (Å²) in [4.78, 5) is 1.25. The quantitative estimate of drug-likeness (QED) is 0.845. The van der Waals surface area contributed by atoms with Crippen LogP contribution in [0.3, 0.4) is 0 Å². The summed E-state index contributed by atoms with van der Waals surface area (Å²) in [7, 11) is 0. The van der Waals surface area contributed by atoms with E-state index in [1.165, 1.54) is 22.6 Å². The number of thioether (sulfide) groups is 1. The lowest BCUT2D eigenvalue weighted by molar-refractivity contribution is 0.624. The molecule has 0 aliphatic heterocycles. The highest BCUT2D eigenvalue weighted by molar-refractivity contribution is 7.98. The minimum Gasteiger partial charge on any atom is -0.326 e. The Hall–Kier alpha value is -1.32. The Balaban J connectivity index is 2.13. The van der Waals surface area contributed by atoms with Crippen LogP contribution < -0.4 is 5.73 Å². The zero-order chi connectivity index (χ0) is 13.0. The second-order valence-corrected chi connectivity index (χ2v) is 5.19. The van der Waals surface area contributed by atoms with Crippen LogP contribution in [0.1, 0.15) is 16.7 Å². The minimum atomic E-state index is -0.222. The highest BCUT2D eigenvalue weighted by Gasteiger charge is 2.05. The molecule has 3 heteroatoms. The Morgan fingerprint density at radius 3 is 2.61 bits per heavy atom. The maximum atomic E-state index is 13.1. The maximum Gasteiger partial charge on any atom is 0.123 e. The smallest absolute Gasteiger partial charge is 0.123 e. The van der Waals surface area contributed by atoms with Gasteiger partial charge in [-0.05, 0) is 41.8 Å². The first-order chi connectivity index (χ1) is 8.70. The third kappa shape index (κ3) is 3.12. The van der Waals surface area contributed by atoms with E-state index in [0.717, 1.165) is 16.9 Å². The summed E-state index contributed by atoms with van der Waals surface area (Å²) >= 11 is 1.76. The minimum absolute atomic E-state index is 0.222. The summed E-state index contributed by atoms with van der Waals surface area (Å²) in [6, 6.07) is 13.1. The fourth-order valence-electron chi connectivity index (χ4n) is 1.80. The second kappa shape index (κ2) is 6.03. The summed E-state index contributed by atoms with van der Waals surface area (Å²) in [5.41, 5.74) is 8.89. The molecule has 0 aliphatic rings. The Labute approximate surface area is 111 Å². The average Bonchev–Trinajstić information content (AvgIpc) is 2.39. The molecule has 0 heterocycles. The number of benzene rings is 2. The van der Waals surface area contributed by atoms with Gasteiger partial charge in [0, 0.05) is 17.2 Å². The molecule has 0 amide bonds. The van der Waals surface area contributed by atoms with Crippen LogP contribution in [0.5, 0.6) is 0 Å². The molecule has 0 bridgehead atoms. The largest absolute Gasteiger partial charge is 0.326 e. The van der Waals surface area contributed by atoms with Crippen LogP contribution in [-0.2, 0) is 12.3 Å². The van der Waals surface area contributed by atoms with E-state index < -0.39 is 0 Å². The van der Waals surface area contributed by atoms with Crippen molar-refractivity contribution in [1.82, 2.24) is 0 Å². The first-order valence-corrected chi connectivity index (χ1v) is 6.85. The molecule has 94 valence electrons. The second-order valence-electron chi connectivity index (χ2n) is 4.17.